The van der Waals surface area contributed by atoms with E-state index >= 15 is 0 Å². The zero-order valence-electron chi connectivity index (χ0n) is 22.8. The number of aromatic hydroxyl groups is 1. The summed E-state index contributed by atoms with van der Waals surface area (Å²) in [4.78, 5) is 40.1. The summed E-state index contributed by atoms with van der Waals surface area (Å²) in [6.45, 7) is 14.8. The Balaban J connectivity index is 3.30. The van der Waals surface area contributed by atoms with Gasteiger partial charge in [0, 0.05) is 18.0 Å². The lowest BCUT2D eigenvalue weighted by molar-refractivity contribution is -0.141. The normalized spacial score (nSPS) is 15.3. The molecule has 0 saturated heterocycles. The summed E-state index contributed by atoms with van der Waals surface area (Å²) >= 11 is 0. The number of carboxylic acid groups (broad SMARTS) is 1. The number of carboxylic acids is 1. The van der Waals surface area contributed by atoms with Crippen LogP contribution >= 0.6 is 0 Å². The molecule has 196 valence electrons. The Morgan fingerprint density at radius 2 is 1.51 bits per heavy atom. The van der Waals surface area contributed by atoms with E-state index in [0.29, 0.717) is 0 Å². The number of phenols is 1. The highest BCUT2D eigenvalue weighted by Gasteiger charge is 2.41. The van der Waals surface area contributed by atoms with Crippen LogP contribution < -0.4 is 10.6 Å². The molecule has 1 unspecified atom stereocenters. The number of amides is 2. The quantitative estimate of drug-likeness (QED) is 0.375. The van der Waals surface area contributed by atoms with E-state index in [2.05, 4.69) is 10.6 Å². The number of carbonyl (C=O) groups is 3. The molecule has 3 atom stereocenters. The summed E-state index contributed by atoms with van der Waals surface area (Å²) in [5.74, 6) is -1.55. The average molecular weight is 490 g/mol. The molecule has 1 aromatic carbocycles. The number of aliphatic carboxylic acids is 1. The fourth-order valence-corrected chi connectivity index (χ4v) is 4.18. The zero-order chi connectivity index (χ0) is 27.3. The summed E-state index contributed by atoms with van der Waals surface area (Å²) < 4.78 is 0. The molecule has 0 radical (unpaired) electrons. The van der Waals surface area contributed by atoms with Gasteiger partial charge in [-0.2, -0.15) is 0 Å². The average Bonchev–Trinajstić information content (AvgIpc) is 2.74. The molecule has 8 heteroatoms. The highest BCUT2D eigenvalue weighted by Crippen LogP contribution is 2.30. The van der Waals surface area contributed by atoms with Crippen LogP contribution in [0.4, 0.5) is 0 Å². The third-order valence-corrected chi connectivity index (χ3v) is 6.52. The van der Waals surface area contributed by atoms with Crippen molar-refractivity contribution in [3.8, 4) is 5.75 Å². The van der Waals surface area contributed by atoms with Gasteiger partial charge >= 0.3 is 5.97 Å². The third kappa shape index (κ3) is 7.56. The van der Waals surface area contributed by atoms with Crippen LogP contribution in [0.1, 0.15) is 61.0 Å². The minimum Gasteiger partial charge on any atom is -0.508 e. The Labute approximate surface area is 209 Å². The fourth-order valence-electron chi connectivity index (χ4n) is 4.18. The molecule has 0 aromatic heterocycles. The lowest BCUT2D eigenvalue weighted by Crippen LogP contribution is -2.61. The molecule has 0 bridgehead atoms. The number of likely N-dealkylation sites (N-methyl/N-ethyl adjacent to an activating group) is 2. The van der Waals surface area contributed by atoms with Crippen LogP contribution in [0.15, 0.2) is 35.9 Å². The van der Waals surface area contributed by atoms with E-state index in [-0.39, 0.29) is 29.1 Å². The molecule has 2 amide bonds. The van der Waals surface area contributed by atoms with Crippen LogP contribution in [0.3, 0.4) is 0 Å². The van der Waals surface area contributed by atoms with Gasteiger partial charge in [-0.05, 0) is 43.0 Å². The monoisotopic (exact) mass is 489 g/mol. The summed E-state index contributed by atoms with van der Waals surface area (Å²) in [5, 5.41) is 25.0. The van der Waals surface area contributed by atoms with E-state index in [1.54, 1.807) is 44.4 Å². The van der Waals surface area contributed by atoms with Crippen molar-refractivity contribution in [3.63, 3.8) is 0 Å². The first-order valence-corrected chi connectivity index (χ1v) is 11.9. The highest BCUT2D eigenvalue weighted by atomic mass is 16.4. The second-order valence-electron chi connectivity index (χ2n) is 11.1. The number of hydrogen-bond donors (Lipinski definition) is 4. The van der Waals surface area contributed by atoms with Crippen molar-refractivity contribution < 1.29 is 24.6 Å². The van der Waals surface area contributed by atoms with Crippen molar-refractivity contribution in [1.82, 2.24) is 15.5 Å². The van der Waals surface area contributed by atoms with E-state index in [1.165, 1.54) is 11.8 Å². The predicted octanol–water partition coefficient (Wildman–Crippen LogP) is 3.30. The van der Waals surface area contributed by atoms with Crippen molar-refractivity contribution in [3.05, 3.63) is 41.5 Å². The van der Waals surface area contributed by atoms with E-state index in [0.717, 1.165) is 5.56 Å². The van der Waals surface area contributed by atoms with Crippen LogP contribution in [0.5, 0.6) is 5.75 Å². The van der Waals surface area contributed by atoms with Crippen LogP contribution in [0.2, 0.25) is 0 Å². The molecule has 0 aliphatic heterocycles. The number of benzene rings is 1. The first-order chi connectivity index (χ1) is 15.9. The van der Waals surface area contributed by atoms with Gasteiger partial charge in [-0.1, -0.05) is 66.7 Å². The number of nitrogens with one attached hydrogen (secondary N) is 2. The smallest absolute Gasteiger partial charge is 0.331 e. The van der Waals surface area contributed by atoms with Gasteiger partial charge in [0.2, 0.25) is 11.8 Å². The lowest BCUT2D eigenvalue weighted by atomic mass is 9.76. The van der Waals surface area contributed by atoms with Crippen LogP contribution in [0.25, 0.3) is 0 Å². The number of hydrogen-bond acceptors (Lipinski definition) is 5. The second kappa shape index (κ2) is 11.7. The van der Waals surface area contributed by atoms with Crippen LogP contribution in [-0.2, 0) is 19.8 Å². The molecule has 35 heavy (non-hydrogen) atoms. The van der Waals surface area contributed by atoms with E-state index in [4.69, 9.17) is 0 Å². The van der Waals surface area contributed by atoms with Crippen LogP contribution in [0, 0.1) is 11.3 Å². The molecule has 0 heterocycles. The molecular weight excluding hydrogens is 446 g/mol. The van der Waals surface area contributed by atoms with E-state index in [1.807, 2.05) is 48.5 Å². The summed E-state index contributed by atoms with van der Waals surface area (Å²) in [6, 6.07) is 4.76. The van der Waals surface area contributed by atoms with Crippen molar-refractivity contribution in [1.29, 1.82) is 0 Å². The maximum absolute atomic E-state index is 13.7. The van der Waals surface area contributed by atoms with Gasteiger partial charge in [-0.15, -0.1) is 0 Å². The van der Waals surface area contributed by atoms with Gasteiger partial charge in [0.15, 0.2) is 0 Å². The standard InChI is InChI=1S/C27H43N3O5/c1-16(2)20(15-17(3)25(34)35)30(10)24(33)22(26(4,5)6)29-23(32)21(28-9)27(7,8)18-11-13-19(31)14-12-18/h11-16,20-22,28,31H,1-10H3,(H,29,32)(H,34,35)/b17-15+/t20-,21-,22?/m1/s1. The maximum atomic E-state index is 13.7. The molecule has 0 spiro atoms. The van der Waals surface area contributed by atoms with E-state index < -0.39 is 34.9 Å². The number of rotatable bonds is 10. The molecule has 8 nitrogen and oxygen atoms in total. The Hall–Kier alpha value is -2.87. The molecule has 0 aliphatic rings. The Bertz CT molecular complexity index is 929. The van der Waals surface area contributed by atoms with Gasteiger partial charge in [-0.3, -0.25) is 9.59 Å². The Morgan fingerprint density at radius 3 is 1.91 bits per heavy atom. The number of carbonyl (C=O) groups excluding carboxylic acids is 2. The van der Waals surface area contributed by atoms with Crippen molar-refractivity contribution in [2.45, 2.75) is 78.9 Å². The molecule has 1 rings (SSSR count). The molecule has 0 saturated carbocycles. The minimum atomic E-state index is -1.04. The van der Waals surface area contributed by atoms with Gasteiger partial charge < -0.3 is 25.7 Å². The molecule has 4 N–H and O–H groups in total. The highest BCUT2D eigenvalue weighted by molar-refractivity contribution is 5.91. The lowest BCUT2D eigenvalue weighted by Gasteiger charge is -2.40. The zero-order valence-corrected chi connectivity index (χ0v) is 22.8. The second-order valence-corrected chi connectivity index (χ2v) is 11.1. The van der Waals surface area contributed by atoms with Crippen molar-refractivity contribution in [2.75, 3.05) is 14.1 Å². The maximum Gasteiger partial charge on any atom is 0.331 e. The van der Waals surface area contributed by atoms with Crippen molar-refractivity contribution in [2.24, 2.45) is 11.3 Å². The van der Waals surface area contributed by atoms with Gasteiger partial charge in [-0.25, -0.2) is 4.79 Å². The van der Waals surface area contributed by atoms with Gasteiger partial charge in [0.1, 0.15) is 11.8 Å². The van der Waals surface area contributed by atoms with E-state index in [9.17, 15) is 24.6 Å². The van der Waals surface area contributed by atoms with Crippen LogP contribution in [-0.4, -0.2) is 65.1 Å². The Morgan fingerprint density at radius 1 is 1.00 bits per heavy atom. The molecular formula is C27H43N3O5. The molecule has 1 aromatic rings. The minimum absolute atomic E-state index is 0.0342. The predicted molar refractivity (Wildman–Crippen MR) is 138 cm³/mol. The molecule has 0 fully saturated rings. The van der Waals surface area contributed by atoms with Gasteiger partial charge in [0.25, 0.3) is 0 Å². The number of phenolic OH excluding ortho intramolecular Hbond substituents is 1. The Kier molecular flexibility index (Phi) is 10.1. The topological polar surface area (TPSA) is 119 Å². The van der Waals surface area contributed by atoms with Crippen molar-refractivity contribution >= 4 is 17.8 Å². The fraction of sp³-hybridized carbons (Fsp3) is 0.593. The summed E-state index contributed by atoms with van der Waals surface area (Å²) in [6.07, 6.45) is 1.58. The first-order valence-electron chi connectivity index (χ1n) is 11.9. The number of nitrogens with zero attached hydrogens (tertiary/aromatic N) is 1. The molecule has 0 aliphatic carbocycles. The summed E-state index contributed by atoms with van der Waals surface area (Å²) in [5.41, 5.74) is -0.235. The SMILES string of the molecule is CN[C@H](C(=O)NC(C(=O)N(C)[C@H](/C=C(\C)C(=O)O)C(C)C)C(C)(C)C)C(C)(C)c1ccc(O)cc1. The van der Waals surface area contributed by atoms with Gasteiger partial charge in [0.05, 0.1) is 12.1 Å². The first kappa shape index (κ1) is 30.2. The third-order valence-electron chi connectivity index (χ3n) is 6.52. The summed E-state index contributed by atoms with van der Waals surface area (Å²) in [7, 11) is 3.33. The largest absolute Gasteiger partial charge is 0.508 e.